The average Bonchev–Trinajstić information content (AvgIpc) is 3.87. The van der Waals surface area contributed by atoms with Crippen molar-refractivity contribution in [1.29, 1.82) is 0 Å². The van der Waals surface area contributed by atoms with Gasteiger partial charge in [-0.25, -0.2) is 14.6 Å². The van der Waals surface area contributed by atoms with Gasteiger partial charge >= 0.3 is 11.9 Å². The number of allylic oxidation sites excluding steroid dienone is 2. The first-order chi connectivity index (χ1) is 29.8. The van der Waals surface area contributed by atoms with Gasteiger partial charge in [0.25, 0.3) is 11.8 Å². The Morgan fingerprint density at radius 3 is 1.75 bits per heavy atom. The fourth-order valence-electron chi connectivity index (χ4n) is 11.2. The highest BCUT2D eigenvalue weighted by Gasteiger charge is 2.54. The molecule has 4 amide bonds. The normalized spacial score (nSPS) is 25.1. The number of hydrogen-bond donors (Lipinski definition) is 5. The average molecular weight is 863 g/mol. The van der Waals surface area contributed by atoms with Gasteiger partial charge in [-0.2, -0.15) is 0 Å². The third-order valence-electron chi connectivity index (χ3n) is 14.6. The third kappa shape index (κ3) is 8.77. The van der Waals surface area contributed by atoms with E-state index >= 15 is 0 Å². The number of nitrogens with one attached hydrogen (secondary N) is 5. The summed E-state index contributed by atoms with van der Waals surface area (Å²) in [7, 11) is 2.58. The molecule has 4 saturated carbocycles. The van der Waals surface area contributed by atoms with E-state index in [0.29, 0.717) is 53.2 Å². The lowest BCUT2D eigenvalue weighted by Gasteiger charge is -2.57. The van der Waals surface area contributed by atoms with Crippen molar-refractivity contribution in [2.45, 2.75) is 132 Å². The maximum absolute atomic E-state index is 13.5. The van der Waals surface area contributed by atoms with Gasteiger partial charge in [-0.3, -0.25) is 19.2 Å². The molecule has 63 heavy (non-hydrogen) atoms. The molecule has 14 heteroatoms. The molecule has 2 atom stereocenters. The molecule has 4 fully saturated rings. The van der Waals surface area contributed by atoms with Crippen LogP contribution in [-0.2, 0) is 51.1 Å². The highest BCUT2D eigenvalue weighted by Crippen LogP contribution is 2.64. The first-order valence-corrected chi connectivity index (χ1v) is 22.3. The molecule has 14 nitrogen and oxygen atoms in total. The third-order valence-corrected chi connectivity index (χ3v) is 14.6. The Balaban J connectivity index is 1.48. The van der Waals surface area contributed by atoms with Crippen molar-refractivity contribution < 1.29 is 38.2 Å². The molecule has 0 radical (unpaired) electrons. The maximum Gasteiger partial charge on any atom is 0.328 e. The molecule has 2 aromatic heterocycles. The van der Waals surface area contributed by atoms with Crippen LogP contribution in [0.3, 0.4) is 0 Å². The fourth-order valence-corrected chi connectivity index (χ4v) is 11.2. The molecule has 8 rings (SSSR count). The Morgan fingerprint density at radius 2 is 1.27 bits per heavy atom. The summed E-state index contributed by atoms with van der Waals surface area (Å²) in [6.45, 7) is 14.7. The molecule has 0 aromatic carbocycles. The Morgan fingerprint density at radius 1 is 0.730 bits per heavy atom. The molecular weight excluding hydrogens is 801 g/mol. The Kier molecular flexibility index (Phi) is 12.8. The minimum Gasteiger partial charge on any atom is -0.467 e. The van der Waals surface area contributed by atoms with Crippen LogP contribution in [0.25, 0.3) is 17.7 Å². The van der Waals surface area contributed by atoms with E-state index in [-0.39, 0.29) is 41.9 Å². The Bertz CT molecular complexity index is 2530. The number of carbonyl (C=O) groups excluding carboxylic acids is 6. The van der Waals surface area contributed by atoms with Gasteiger partial charge in [-0.05, 0) is 170 Å². The van der Waals surface area contributed by atoms with Crippen molar-refractivity contribution in [1.82, 2.24) is 25.9 Å². The number of aromatic amines is 2. The number of aromatic nitrogens is 2. The van der Waals surface area contributed by atoms with Crippen LogP contribution in [0.1, 0.15) is 127 Å². The van der Waals surface area contributed by atoms with Crippen LogP contribution < -0.4 is 26.6 Å². The molecule has 336 valence electrons. The number of hydrogen-bond acceptors (Lipinski definition) is 8. The first-order valence-electron chi connectivity index (χ1n) is 22.3. The van der Waals surface area contributed by atoms with E-state index in [1.54, 1.807) is 20.8 Å². The van der Waals surface area contributed by atoms with Gasteiger partial charge < -0.3 is 35.4 Å². The van der Waals surface area contributed by atoms with Gasteiger partial charge in [-0.15, -0.1) is 0 Å². The number of H-pyrrole nitrogens is 2. The molecule has 0 saturated heterocycles. The zero-order valence-electron chi connectivity index (χ0n) is 38.3. The molecule has 0 unspecified atom stereocenters. The maximum atomic E-state index is 13.5. The van der Waals surface area contributed by atoms with Crippen molar-refractivity contribution in [3.05, 3.63) is 72.3 Å². The van der Waals surface area contributed by atoms with Crippen LogP contribution in [0.5, 0.6) is 0 Å². The number of aliphatic imine (C=N–C) groups is 1. The molecule has 0 spiro atoms. The van der Waals surface area contributed by atoms with Crippen LogP contribution in [0.15, 0.2) is 33.0 Å². The van der Waals surface area contributed by atoms with Crippen molar-refractivity contribution in [2.75, 3.05) is 14.2 Å². The number of nitrogens with zero attached hydrogens (tertiary/aromatic N) is 1. The predicted octanol–water partition coefficient (Wildman–Crippen LogP) is 4.50. The van der Waals surface area contributed by atoms with E-state index in [2.05, 4.69) is 30.9 Å². The summed E-state index contributed by atoms with van der Waals surface area (Å²) >= 11 is 0. The van der Waals surface area contributed by atoms with Crippen LogP contribution in [0.4, 0.5) is 0 Å². The van der Waals surface area contributed by atoms with Gasteiger partial charge in [-0.1, -0.05) is 0 Å². The number of ether oxygens (including phenoxy) is 2. The van der Waals surface area contributed by atoms with Gasteiger partial charge in [0.05, 0.1) is 19.9 Å². The fraction of sp³-hybridized carbons (Fsp3) is 0.531. The molecule has 2 aromatic rings. The SMILES string of the molecule is COC(=O)[C@H](C)NC(=O)CCc1c(/C(=c2\[nH]/c(=C/C3=NC(=O)C(C)=C3C)c(C)c2CCC(=O)N[C@@H](C)C(=O)OC)C23CC4CC(CC(C4)C2)C3)[nH]c(/C=C2\NC(=O)C(C)=C2C)c1C. The minimum atomic E-state index is -0.819. The number of esters is 2. The Hall–Kier alpha value is -5.79. The summed E-state index contributed by atoms with van der Waals surface area (Å²) in [6.07, 6.45) is 11.4. The van der Waals surface area contributed by atoms with E-state index in [4.69, 9.17) is 9.47 Å². The molecule has 2 aliphatic heterocycles. The first kappa shape index (κ1) is 45.2. The van der Waals surface area contributed by atoms with Gasteiger partial charge in [0.1, 0.15) is 12.1 Å². The summed E-state index contributed by atoms with van der Waals surface area (Å²) in [5.74, 6) is -0.374. The largest absolute Gasteiger partial charge is 0.467 e. The topological polar surface area (TPSA) is 201 Å². The van der Waals surface area contributed by atoms with Crippen LogP contribution in [0.2, 0.25) is 0 Å². The van der Waals surface area contributed by atoms with E-state index in [0.717, 1.165) is 80.3 Å². The summed E-state index contributed by atoms with van der Waals surface area (Å²) in [5, 5.41) is 10.3. The number of rotatable bonds is 14. The standard InChI is InChI=1S/C49H62N6O8/c1-23-25(3)45(58)54-36(23)18-38-27(5)34(11-13-40(56)50-29(7)47(60)62-9)43(52-38)42(49-20-31-15-32(21-49)17-33(16-31)22-49)44-35(12-14-41(57)51-30(8)48(61)63-10)28(6)39(53-44)19-37-24(2)26(4)46(59)55-37/h18-19,29-33,52-53H,11-17,20-22H2,1-10H3,(H,50,56)(H,51,57)(H,54,58)/b36-18-,39-19+,44-42+/t29-,30-,31?,32?,33?,49?/m0/s1. The highest BCUT2D eigenvalue weighted by molar-refractivity contribution is 6.30. The molecule has 4 aliphatic carbocycles. The van der Waals surface area contributed by atoms with Crippen LogP contribution in [-0.4, -0.2) is 77.6 Å². The summed E-state index contributed by atoms with van der Waals surface area (Å²) < 4.78 is 9.74. The molecule has 6 aliphatic rings. The number of amides is 4. The zero-order valence-corrected chi connectivity index (χ0v) is 38.3. The highest BCUT2D eigenvalue weighted by atomic mass is 16.5. The molecule has 5 N–H and O–H groups in total. The van der Waals surface area contributed by atoms with E-state index in [9.17, 15) is 28.8 Å². The smallest absolute Gasteiger partial charge is 0.328 e. The van der Waals surface area contributed by atoms with Gasteiger partial charge in [0.2, 0.25) is 11.8 Å². The predicted molar refractivity (Wildman–Crippen MR) is 239 cm³/mol. The summed E-state index contributed by atoms with van der Waals surface area (Å²) in [5.41, 5.74) is 10.5. The second-order valence-corrected chi connectivity index (χ2v) is 18.7. The lowest BCUT2D eigenvalue weighted by molar-refractivity contribution is -0.144. The van der Waals surface area contributed by atoms with Crippen LogP contribution in [0, 0.1) is 37.0 Å². The van der Waals surface area contributed by atoms with Crippen LogP contribution >= 0.6 is 0 Å². The lowest BCUT2D eigenvalue weighted by atomic mass is 9.47. The van der Waals surface area contributed by atoms with Gasteiger partial charge in [0, 0.05) is 62.8 Å². The summed E-state index contributed by atoms with van der Waals surface area (Å²) in [6, 6.07) is -1.64. The quantitative estimate of drug-likeness (QED) is 0.171. The zero-order chi connectivity index (χ0) is 45.7. The van der Waals surface area contributed by atoms with E-state index in [1.807, 2.05) is 46.8 Å². The number of carbonyl (C=O) groups is 6. The monoisotopic (exact) mass is 862 g/mol. The van der Waals surface area contributed by atoms with E-state index in [1.165, 1.54) is 33.5 Å². The lowest BCUT2D eigenvalue weighted by Crippen LogP contribution is -2.48. The van der Waals surface area contributed by atoms with Crippen molar-refractivity contribution >= 4 is 59.0 Å². The van der Waals surface area contributed by atoms with Crippen molar-refractivity contribution in [3.63, 3.8) is 0 Å². The Labute approximate surface area is 368 Å². The van der Waals surface area contributed by atoms with E-state index < -0.39 is 24.0 Å². The summed E-state index contributed by atoms with van der Waals surface area (Å²) in [4.78, 5) is 89.3. The second-order valence-electron chi connectivity index (χ2n) is 18.7. The molecular formula is C49H62N6O8. The molecule has 4 bridgehead atoms. The van der Waals surface area contributed by atoms with Crippen molar-refractivity contribution in [3.8, 4) is 0 Å². The van der Waals surface area contributed by atoms with Gasteiger partial charge in [0.15, 0.2) is 0 Å². The van der Waals surface area contributed by atoms with Crippen molar-refractivity contribution in [2.24, 2.45) is 28.2 Å². The number of methoxy groups -OCH3 is 2. The molecule has 4 heterocycles. The minimum absolute atomic E-state index is 0.0925. The second kappa shape index (κ2) is 17.8.